The zero-order chi connectivity index (χ0) is 10.3. The van der Waals surface area contributed by atoms with Gasteiger partial charge in [0.05, 0.1) is 5.70 Å². The zero-order valence-corrected chi connectivity index (χ0v) is 9.28. The van der Waals surface area contributed by atoms with Gasteiger partial charge in [0.2, 0.25) is 0 Å². The van der Waals surface area contributed by atoms with Crippen molar-refractivity contribution in [2.45, 2.75) is 40.5 Å². The van der Waals surface area contributed by atoms with Gasteiger partial charge in [0, 0.05) is 12.2 Å². The Kier molecular flexibility index (Phi) is 6.11. The number of nitrogens with two attached hydrogens (primary N) is 1. The van der Waals surface area contributed by atoms with Gasteiger partial charge in [-0.3, -0.25) is 0 Å². The third kappa shape index (κ3) is 4.02. The van der Waals surface area contributed by atoms with Gasteiger partial charge in [-0.05, 0) is 32.3 Å². The maximum Gasteiger partial charge on any atom is 0.0533 e. The Morgan fingerprint density at radius 1 is 1.38 bits per heavy atom. The Morgan fingerprint density at radius 2 is 2.00 bits per heavy atom. The van der Waals surface area contributed by atoms with Crippen molar-refractivity contribution < 1.29 is 0 Å². The second-order valence-corrected chi connectivity index (χ2v) is 3.13. The van der Waals surface area contributed by atoms with E-state index in [1.54, 1.807) is 0 Å². The van der Waals surface area contributed by atoms with Crippen LogP contribution < -0.4 is 11.1 Å². The number of nitrogens with one attached hydrogen (secondary N) is 1. The Balaban J connectivity index is 4.40. The molecule has 0 saturated carbocycles. The van der Waals surface area contributed by atoms with Crippen molar-refractivity contribution in [2.24, 2.45) is 5.73 Å². The minimum absolute atomic E-state index is 0.901. The summed E-state index contributed by atoms with van der Waals surface area (Å²) in [4.78, 5) is 0. The normalized spacial score (nSPS) is 14.0. The zero-order valence-electron chi connectivity index (χ0n) is 9.28. The molecule has 2 nitrogen and oxygen atoms in total. The first-order chi connectivity index (χ1) is 6.17. The minimum atomic E-state index is 0.901. The Bertz CT molecular complexity index is 202. The van der Waals surface area contributed by atoms with Crippen molar-refractivity contribution in [1.82, 2.24) is 5.32 Å². The van der Waals surface area contributed by atoms with Crippen molar-refractivity contribution in [1.29, 1.82) is 0 Å². The first kappa shape index (κ1) is 12.1. The molecule has 0 rings (SSSR count). The lowest BCUT2D eigenvalue weighted by atomic mass is 10.1. The molecule has 0 fully saturated rings. The van der Waals surface area contributed by atoms with Gasteiger partial charge in [-0.25, -0.2) is 0 Å². The molecule has 13 heavy (non-hydrogen) atoms. The number of allylic oxidation sites excluding steroid dienone is 3. The van der Waals surface area contributed by atoms with E-state index in [-0.39, 0.29) is 0 Å². The fourth-order valence-electron chi connectivity index (χ4n) is 1.20. The second kappa shape index (κ2) is 6.58. The van der Waals surface area contributed by atoms with Crippen LogP contribution in [0, 0.1) is 0 Å². The molecular weight excluding hydrogens is 160 g/mol. The predicted octanol–water partition coefficient (Wildman–Crippen LogP) is 2.53. The summed E-state index contributed by atoms with van der Waals surface area (Å²) in [6.45, 7) is 9.32. The Labute approximate surface area is 81.9 Å². The first-order valence-electron chi connectivity index (χ1n) is 5.03. The van der Waals surface area contributed by atoms with Crippen LogP contribution in [0.25, 0.3) is 0 Å². The summed E-state index contributed by atoms with van der Waals surface area (Å²) >= 11 is 0. The Morgan fingerprint density at radius 3 is 2.38 bits per heavy atom. The minimum Gasteiger partial charge on any atom is -0.397 e. The van der Waals surface area contributed by atoms with Gasteiger partial charge >= 0.3 is 0 Å². The van der Waals surface area contributed by atoms with E-state index in [1.165, 1.54) is 5.57 Å². The number of rotatable bonds is 5. The fraction of sp³-hybridized carbons (Fsp3) is 0.636. The molecule has 0 bridgehead atoms. The lowest BCUT2D eigenvalue weighted by molar-refractivity contribution is 0.758. The molecule has 76 valence electrons. The summed E-state index contributed by atoms with van der Waals surface area (Å²) in [5, 5.41) is 3.29. The fourth-order valence-corrected chi connectivity index (χ4v) is 1.20. The lowest BCUT2D eigenvalue weighted by Gasteiger charge is -2.11. The van der Waals surface area contributed by atoms with Gasteiger partial charge in [0.15, 0.2) is 0 Å². The average molecular weight is 182 g/mol. The van der Waals surface area contributed by atoms with Crippen molar-refractivity contribution in [3.05, 3.63) is 23.0 Å². The van der Waals surface area contributed by atoms with E-state index in [1.807, 2.05) is 13.8 Å². The van der Waals surface area contributed by atoms with E-state index in [4.69, 9.17) is 5.73 Å². The van der Waals surface area contributed by atoms with Crippen LogP contribution in [0.1, 0.15) is 40.5 Å². The molecule has 0 aromatic rings. The maximum absolute atomic E-state index is 5.97. The monoisotopic (exact) mass is 182 g/mol. The first-order valence-corrected chi connectivity index (χ1v) is 5.03. The van der Waals surface area contributed by atoms with Crippen LogP contribution in [0.15, 0.2) is 23.0 Å². The second-order valence-electron chi connectivity index (χ2n) is 3.13. The van der Waals surface area contributed by atoms with Gasteiger partial charge in [0.1, 0.15) is 0 Å². The van der Waals surface area contributed by atoms with Crippen molar-refractivity contribution >= 4 is 0 Å². The predicted molar refractivity (Wildman–Crippen MR) is 59.2 cm³/mol. The highest BCUT2D eigenvalue weighted by Crippen LogP contribution is 2.10. The highest BCUT2D eigenvalue weighted by atomic mass is 14.9. The highest BCUT2D eigenvalue weighted by molar-refractivity contribution is 5.30. The summed E-state index contributed by atoms with van der Waals surface area (Å²) in [7, 11) is 0. The van der Waals surface area contributed by atoms with E-state index < -0.39 is 0 Å². The van der Waals surface area contributed by atoms with E-state index in [0.29, 0.717) is 0 Å². The summed E-state index contributed by atoms with van der Waals surface area (Å²) < 4.78 is 0. The van der Waals surface area contributed by atoms with Crippen molar-refractivity contribution in [3.63, 3.8) is 0 Å². The molecule has 0 amide bonds. The standard InChI is InChI=1S/C11H22N2/c1-5-8-13-9(4)11(12)10(6-2)7-3/h6,13H,5,7-8,12H2,1-4H3/b10-6-,11-9-. The average Bonchev–Trinajstić information content (AvgIpc) is 2.15. The molecule has 0 saturated heterocycles. The van der Waals surface area contributed by atoms with Gasteiger partial charge in [-0.2, -0.15) is 0 Å². The van der Waals surface area contributed by atoms with Crippen LogP contribution in [0.4, 0.5) is 0 Å². The third-order valence-electron chi connectivity index (χ3n) is 2.12. The number of hydrogen-bond donors (Lipinski definition) is 2. The van der Waals surface area contributed by atoms with Gasteiger partial charge in [-0.1, -0.05) is 19.9 Å². The molecule has 0 aliphatic rings. The maximum atomic E-state index is 5.97. The lowest BCUT2D eigenvalue weighted by Crippen LogP contribution is -2.18. The summed E-state index contributed by atoms with van der Waals surface area (Å²) in [5.74, 6) is 0. The quantitative estimate of drug-likeness (QED) is 0.641. The summed E-state index contributed by atoms with van der Waals surface area (Å²) in [6, 6.07) is 0. The van der Waals surface area contributed by atoms with Gasteiger partial charge < -0.3 is 11.1 Å². The molecule has 3 N–H and O–H groups in total. The molecule has 0 aliphatic carbocycles. The van der Waals surface area contributed by atoms with Crippen LogP contribution in [-0.2, 0) is 0 Å². The van der Waals surface area contributed by atoms with Crippen molar-refractivity contribution in [3.8, 4) is 0 Å². The van der Waals surface area contributed by atoms with Gasteiger partial charge in [0.25, 0.3) is 0 Å². The van der Waals surface area contributed by atoms with Gasteiger partial charge in [-0.15, -0.1) is 0 Å². The molecule has 0 spiro atoms. The van der Waals surface area contributed by atoms with Crippen LogP contribution in [0.3, 0.4) is 0 Å². The van der Waals surface area contributed by atoms with Crippen LogP contribution in [0.5, 0.6) is 0 Å². The molecule has 0 atom stereocenters. The summed E-state index contributed by atoms with van der Waals surface area (Å²) in [5.41, 5.74) is 9.19. The topological polar surface area (TPSA) is 38.0 Å². The molecule has 0 aliphatic heterocycles. The molecule has 0 heterocycles. The molecule has 0 radical (unpaired) electrons. The molecule has 0 aromatic heterocycles. The molecule has 2 heteroatoms. The van der Waals surface area contributed by atoms with E-state index >= 15 is 0 Å². The van der Waals surface area contributed by atoms with Crippen LogP contribution in [-0.4, -0.2) is 6.54 Å². The number of hydrogen-bond acceptors (Lipinski definition) is 2. The third-order valence-corrected chi connectivity index (χ3v) is 2.12. The smallest absolute Gasteiger partial charge is 0.0533 e. The largest absolute Gasteiger partial charge is 0.397 e. The van der Waals surface area contributed by atoms with Crippen LogP contribution >= 0.6 is 0 Å². The van der Waals surface area contributed by atoms with E-state index in [0.717, 1.165) is 30.8 Å². The highest BCUT2D eigenvalue weighted by Gasteiger charge is 2.00. The van der Waals surface area contributed by atoms with E-state index in [2.05, 4.69) is 25.2 Å². The molecular formula is C11H22N2. The Hall–Kier alpha value is -0.920. The molecule has 0 unspecified atom stereocenters. The SMILES string of the molecule is C/C=C(CC)\C(N)=C(/C)NCCC. The van der Waals surface area contributed by atoms with Crippen LogP contribution in [0.2, 0.25) is 0 Å². The van der Waals surface area contributed by atoms with E-state index in [9.17, 15) is 0 Å². The van der Waals surface area contributed by atoms with Crippen molar-refractivity contribution in [2.75, 3.05) is 6.54 Å². The molecule has 0 aromatic carbocycles. The summed E-state index contributed by atoms with van der Waals surface area (Å²) in [6.07, 6.45) is 4.20.